The highest BCUT2D eigenvalue weighted by molar-refractivity contribution is 6.38. The first-order chi connectivity index (χ1) is 13.2. The molecule has 0 aliphatic carbocycles. The lowest BCUT2D eigenvalue weighted by atomic mass is 10.1. The molecule has 0 amide bonds. The third kappa shape index (κ3) is 3.30. The summed E-state index contributed by atoms with van der Waals surface area (Å²) in [5.41, 5.74) is 3.55. The van der Waals surface area contributed by atoms with E-state index in [9.17, 15) is 5.11 Å². The number of aliphatic hydroxyl groups excluding tert-OH is 1. The maximum Gasteiger partial charge on any atom is 0.182 e. The van der Waals surface area contributed by atoms with Crippen LogP contribution >= 0.6 is 11.6 Å². The summed E-state index contributed by atoms with van der Waals surface area (Å²) in [5, 5.41) is 24.4. The van der Waals surface area contributed by atoms with Crippen molar-refractivity contribution in [3.8, 4) is 22.5 Å². The van der Waals surface area contributed by atoms with Gasteiger partial charge in [0.05, 0.1) is 17.0 Å². The van der Waals surface area contributed by atoms with Gasteiger partial charge in [0.25, 0.3) is 0 Å². The monoisotopic (exact) mass is 380 g/mol. The highest BCUT2D eigenvalue weighted by atomic mass is 35.5. The van der Waals surface area contributed by atoms with E-state index in [-0.39, 0.29) is 6.54 Å². The first-order valence-electron chi connectivity index (χ1n) is 8.43. The zero-order valence-corrected chi connectivity index (χ0v) is 15.3. The largest absolute Gasteiger partial charge is 0.366 e. The molecule has 4 aromatic rings. The van der Waals surface area contributed by atoms with E-state index in [1.165, 1.54) is 7.11 Å². The van der Waals surface area contributed by atoms with E-state index >= 15 is 0 Å². The Balaban J connectivity index is 1.97. The van der Waals surface area contributed by atoms with E-state index in [1.807, 2.05) is 60.7 Å². The number of fused-ring (bicyclic) bond motifs is 1. The van der Waals surface area contributed by atoms with Crippen molar-refractivity contribution in [1.82, 2.24) is 20.0 Å². The minimum absolute atomic E-state index is 0.121. The Morgan fingerprint density at radius 3 is 2.15 bits per heavy atom. The van der Waals surface area contributed by atoms with Gasteiger partial charge >= 0.3 is 0 Å². The number of ether oxygens (including phenoxy) is 1. The van der Waals surface area contributed by atoms with Crippen LogP contribution in [0, 0.1) is 0 Å². The molecule has 0 bridgehead atoms. The molecule has 1 atom stereocenters. The van der Waals surface area contributed by atoms with Gasteiger partial charge in [0, 0.05) is 18.2 Å². The number of methoxy groups -OCH3 is 1. The van der Waals surface area contributed by atoms with Gasteiger partial charge < -0.3 is 9.84 Å². The van der Waals surface area contributed by atoms with E-state index in [4.69, 9.17) is 16.3 Å². The maximum absolute atomic E-state index is 9.89. The molecule has 4 rings (SSSR count). The summed E-state index contributed by atoms with van der Waals surface area (Å²) >= 11 is 6.77. The topological polar surface area (TPSA) is 73.1 Å². The van der Waals surface area contributed by atoms with Gasteiger partial charge in [-0.1, -0.05) is 72.3 Å². The van der Waals surface area contributed by atoms with E-state index < -0.39 is 6.29 Å². The average Bonchev–Trinajstić information content (AvgIpc) is 3.08. The van der Waals surface area contributed by atoms with Crippen LogP contribution in [0.2, 0.25) is 5.02 Å². The Morgan fingerprint density at radius 2 is 1.56 bits per heavy atom. The quantitative estimate of drug-likeness (QED) is 0.533. The van der Waals surface area contributed by atoms with Gasteiger partial charge in [-0.05, 0) is 0 Å². The molecule has 2 heterocycles. The molecule has 0 saturated carbocycles. The standard InChI is InChI=1S/C20H17ClN4O2/c1-27-15(26)12-25-20-16(18(24-25)13-8-4-2-5-9-13)17(21)19(22-23-20)14-10-6-3-7-11-14/h2-11,15,26H,12H2,1H3. The van der Waals surface area contributed by atoms with Crippen LogP contribution in [0.15, 0.2) is 60.7 Å². The molecule has 27 heavy (non-hydrogen) atoms. The summed E-state index contributed by atoms with van der Waals surface area (Å²) in [6.45, 7) is 0.121. The number of benzene rings is 2. The van der Waals surface area contributed by atoms with Gasteiger partial charge in [0.1, 0.15) is 11.4 Å². The van der Waals surface area contributed by atoms with Crippen molar-refractivity contribution in [2.24, 2.45) is 0 Å². The molecule has 2 aromatic heterocycles. The number of aromatic nitrogens is 4. The summed E-state index contributed by atoms with van der Waals surface area (Å²) in [6.07, 6.45) is -1.01. The minimum Gasteiger partial charge on any atom is -0.366 e. The lowest BCUT2D eigenvalue weighted by Crippen LogP contribution is -2.19. The summed E-state index contributed by atoms with van der Waals surface area (Å²) in [4.78, 5) is 0. The molecule has 1 unspecified atom stereocenters. The number of hydrogen-bond acceptors (Lipinski definition) is 5. The van der Waals surface area contributed by atoms with Gasteiger partial charge in [-0.25, -0.2) is 4.68 Å². The summed E-state index contributed by atoms with van der Waals surface area (Å²) in [5.74, 6) is 0. The van der Waals surface area contributed by atoms with Crippen molar-refractivity contribution in [1.29, 1.82) is 0 Å². The number of nitrogens with zero attached hydrogens (tertiary/aromatic N) is 4. The van der Waals surface area contributed by atoms with Crippen molar-refractivity contribution in [3.05, 3.63) is 65.7 Å². The Morgan fingerprint density at radius 1 is 0.963 bits per heavy atom. The highest BCUT2D eigenvalue weighted by Crippen LogP contribution is 2.37. The van der Waals surface area contributed by atoms with E-state index in [0.29, 0.717) is 27.4 Å². The molecule has 0 spiro atoms. The first-order valence-corrected chi connectivity index (χ1v) is 8.81. The molecule has 1 N–H and O–H groups in total. The van der Waals surface area contributed by atoms with Gasteiger partial charge in [-0.2, -0.15) is 5.10 Å². The van der Waals surface area contributed by atoms with Crippen LogP contribution in [0.3, 0.4) is 0 Å². The number of hydrogen-bond donors (Lipinski definition) is 1. The molecule has 136 valence electrons. The number of halogens is 1. The van der Waals surface area contributed by atoms with Crippen LogP contribution in [-0.4, -0.2) is 38.5 Å². The van der Waals surface area contributed by atoms with Crippen LogP contribution in [0.1, 0.15) is 0 Å². The molecule has 7 heteroatoms. The predicted molar refractivity (Wildman–Crippen MR) is 104 cm³/mol. The van der Waals surface area contributed by atoms with Crippen molar-refractivity contribution in [3.63, 3.8) is 0 Å². The average molecular weight is 381 g/mol. The Kier molecular flexibility index (Phi) is 4.85. The third-order valence-electron chi connectivity index (χ3n) is 4.29. The lowest BCUT2D eigenvalue weighted by Gasteiger charge is -2.09. The lowest BCUT2D eigenvalue weighted by molar-refractivity contribution is -0.0846. The molecule has 0 aliphatic heterocycles. The summed E-state index contributed by atoms with van der Waals surface area (Å²) in [7, 11) is 1.43. The van der Waals surface area contributed by atoms with Crippen molar-refractivity contribution in [2.45, 2.75) is 12.8 Å². The van der Waals surface area contributed by atoms with Crippen LogP contribution in [0.5, 0.6) is 0 Å². The summed E-state index contributed by atoms with van der Waals surface area (Å²) in [6, 6.07) is 19.4. The third-order valence-corrected chi connectivity index (χ3v) is 4.66. The number of rotatable bonds is 5. The van der Waals surface area contributed by atoms with Crippen molar-refractivity contribution in [2.75, 3.05) is 7.11 Å². The summed E-state index contributed by atoms with van der Waals surface area (Å²) < 4.78 is 6.52. The van der Waals surface area contributed by atoms with Gasteiger partial charge in [0.2, 0.25) is 0 Å². The molecule has 0 aliphatic rings. The molecule has 0 radical (unpaired) electrons. The van der Waals surface area contributed by atoms with Gasteiger partial charge in [0.15, 0.2) is 11.9 Å². The Bertz CT molecular complexity index is 1070. The van der Waals surface area contributed by atoms with Crippen LogP contribution in [0.25, 0.3) is 33.5 Å². The number of aliphatic hydroxyl groups is 1. The second-order valence-electron chi connectivity index (χ2n) is 6.01. The molecule has 0 fully saturated rings. The SMILES string of the molecule is COC(O)Cn1nc(-c2ccccc2)c2c(Cl)c(-c3ccccc3)nnc21. The molecule has 6 nitrogen and oxygen atoms in total. The maximum atomic E-state index is 9.89. The van der Waals surface area contributed by atoms with Crippen LogP contribution in [-0.2, 0) is 11.3 Å². The fraction of sp³-hybridized carbons (Fsp3) is 0.150. The predicted octanol–water partition coefficient (Wildman–Crippen LogP) is 3.78. The van der Waals surface area contributed by atoms with Crippen LogP contribution < -0.4 is 0 Å². The fourth-order valence-electron chi connectivity index (χ4n) is 2.94. The zero-order chi connectivity index (χ0) is 18.8. The molecular weight excluding hydrogens is 364 g/mol. The van der Waals surface area contributed by atoms with Crippen molar-refractivity contribution >= 4 is 22.6 Å². The van der Waals surface area contributed by atoms with Crippen LogP contribution in [0.4, 0.5) is 0 Å². The van der Waals surface area contributed by atoms with E-state index in [2.05, 4.69) is 15.3 Å². The normalized spacial score (nSPS) is 12.4. The van der Waals surface area contributed by atoms with Gasteiger partial charge in [-0.15, -0.1) is 10.2 Å². The van der Waals surface area contributed by atoms with Gasteiger partial charge in [-0.3, -0.25) is 0 Å². The first kappa shape index (κ1) is 17.6. The zero-order valence-electron chi connectivity index (χ0n) is 14.6. The van der Waals surface area contributed by atoms with E-state index in [0.717, 1.165) is 11.1 Å². The second-order valence-corrected chi connectivity index (χ2v) is 6.39. The Hall–Kier alpha value is -2.80. The Labute approximate surface area is 161 Å². The highest BCUT2D eigenvalue weighted by Gasteiger charge is 2.21. The second kappa shape index (κ2) is 7.44. The fourth-order valence-corrected chi connectivity index (χ4v) is 3.27. The molecular formula is C20H17ClN4O2. The smallest absolute Gasteiger partial charge is 0.182 e. The van der Waals surface area contributed by atoms with Crippen molar-refractivity contribution < 1.29 is 9.84 Å². The molecule has 0 saturated heterocycles. The molecule has 2 aromatic carbocycles. The minimum atomic E-state index is -1.01. The van der Waals surface area contributed by atoms with E-state index in [1.54, 1.807) is 4.68 Å².